The third kappa shape index (κ3) is 3.52. The third-order valence-electron chi connectivity index (χ3n) is 3.10. The summed E-state index contributed by atoms with van der Waals surface area (Å²) in [6.07, 6.45) is 0. The average Bonchev–Trinajstić information content (AvgIpc) is 2.48. The maximum absolute atomic E-state index is 12.9. The van der Waals surface area contributed by atoms with Crippen LogP contribution in [-0.4, -0.2) is 18.1 Å². The molecule has 6 heteroatoms. The second-order valence-corrected chi connectivity index (χ2v) is 5.46. The third-order valence-corrected chi connectivity index (χ3v) is 3.76. The first-order chi connectivity index (χ1) is 10.0. The molecule has 3 N–H and O–H groups in total. The first kappa shape index (κ1) is 15.3. The van der Waals surface area contributed by atoms with Gasteiger partial charge in [-0.15, -0.1) is 0 Å². The highest BCUT2D eigenvalue weighted by molar-refractivity contribution is 9.10. The second kappa shape index (κ2) is 6.58. The lowest BCUT2D eigenvalue weighted by Gasteiger charge is -2.23. The van der Waals surface area contributed by atoms with Gasteiger partial charge in [0.25, 0.3) is 0 Å². The van der Waals surface area contributed by atoms with E-state index in [0.717, 1.165) is 15.7 Å². The van der Waals surface area contributed by atoms with Crippen LogP contribution < -0.4 is 10.6 Å². The van der Waals surface area contributed by atoms with Gasteiger partial charge >= 0.3 is 0 Å². The van der Waals surface area contributed by atoms with Crippen molar-refractivity contribution in [1.82, 2.24) is 0 Å². The van der Waals surface area contributed by atoms with Gasteiger partial charge in [0.15, 0.2) is 5.84 Å². The number of nitrogens with two attached hydrogens (primary N) is 1. The Bertz CT molecular complexity index is 658. The van der Waals surface area contributed by atoms with E-state index in [1.54, 1.807) is 12.1 Å². The molecular weight excluding hydrogens is 337 g/mol. The molecular formula is C15H15BrFN3O. The Labute approximate surface area is 130 Å². The van der Waals surface area contributed by atoms with Crippen molar-refractivity contribution in [3.63, 3.8) is 0 Å². The number of hydrogen-bond donors (Lipinski definition) is 2. The van der Waals surface area contributed by atoms with Crippen LogP contribution in [-0.2, 0) is 6.54 Å². The Morgan fingerprint density at radius 2 is 1.95 bits per heavy atom. The van der Waals surface area contributed by atoms with Gasteiger partial charge in [0, 0.05) is 23.8 Å². The zero-order chi connectivity index (χ0) is 15.4. The minimum Gasteiger partial charge on any atom is -0.409 e. The SMILES string of the molecule is CN(Cc1ccc(F)cc1)c1cccc(Br)c1/C(N)=N/O. The number of anilines is 1. The predicted octanol–water partition coefficient (Wildman–Crippen LogP) is 3.32. The van der Waals surface area contributed by atoms with Crippen LogP contribution in [0.25, 0.3) is 0 Å². The van der Waals surface area contributed by atoms with Crippen molar-refractivity contribution < 1.29 is 9.60 Å². The molecule has 0 aliphatic rings. The molecule has 0 radical (unpaired) electrons. The summed E-state index contributed by atoms with van der Waals surface area (Å²) in [5.74, 6) is -0.232. The van der Waals surface area contributed by atoms with Gasteiger partial charge in [0.05, 0.1) is 5.56 Å². The summed E-state index contributed by atoms with van der Waals surface area (Å²) < 4.78 is 13.7. The molecule has 21 heavy (non-hydrogen) atoms. The highest BCUT2D eigenvalue weighted by Crippen LogP contribution is 2.28. The van der Waals surface area contributed by atoms with E-state index >= 15 is 0 Å². The molecule has 0 aliphatic heterocycles. The molecule has 0 fully saturated rings. The van der Waals surface area contributed by atoms with Crippen molar-refractivity contribution in [2.45, 2.75) is 6.54 Å². The van der Waals surface area contributed by atoms with Gasteiger partial charge in [0.2, 0.25) is 0 Å². The second-order valence-electron chi connectivity index (χ2n) is 4.60. The smallest absolute Gasteiger partial charge is 0.173 e. The predicted molar refractivity (Wildman–Crippen MR) is 85.2 cm³/mol. The topological polar surface area (TPSA) is 61.8 Å². The Morgan fingerprint density at radius 3 is 2.57 bits per heavy atom. The normalized spacial score (nSPS) is 11.5. The fourth-order valence-electron chi connectivity index (χ4n) is 2.08. The lowest BCUT2D eigenvalue weighted by molar-refractivity contribution is 0.318. The first-order valence-corrected chi connectivity index (χ1v) is 7.04. The van der Waals surface area contributed by atoms with Crippen molar-refractivity contribution in [2.24, 2.45) is 10.9 Å². The zero-order valence-electron chi connectivity index (χ0n) is 11.4. The van der Waals surface area contributed by atoms with E-state index in [1.807, 2.05) is 30.1 Å². The molecule has 0 unspecified atom stereocenters. The largest absolute Gasteiger partial charge is 0.409 e. The van der Waals surface area contributed by atoms with Crippen molar-refractivity contribution >= 4 is 27.5 Å². The van der Waals surface area contributed by atoms with Gasteiger partial charge in [-0.2, -0.15) is 0 Å². The zero-order valence-corrected chi connectivity index (χ0v) is 13.0. The maximum Gasteiger partial charge on any atom is 0.173 e. The molecule has 2 rings (SSSR count). The molecule has 4 nitrogen and oxygen atoms in total. The summed E-state index contributed by atoms with van der Waals surface area (Å²) in [5.41, 5.74) is 8.13. The lowest BCUT2D eigenvalue weighted by atomic mass is 10.1. The summed E-state index contributed by atoms with van der Waals surface area (Å²) >= 11 is 3.40. The number of amidine groups is 1. The Balaban J connectivity index is 2.33. The molecule has 0 aliphatic carbocycles. The highest BCUT2D eigenvalue weighted by atomic mass is 79.9. The van der Waals surface area contributed by atoms with Crippen molar-refractivity contribution in [2.75, 3.05) is 11.9 Å². The number of rotatable bonds is 4. The standard InChI is InChI=1S/C15H15BrFN3O/c1-20(9-10-5-7-11(17)8-6-10)13-4-2-3-12(16)14(13)15(18)19-21/h2-8,21H,9H2,1H3,(H2,18,19). The first-order valence-electron chi connectivity index (χ1n) is 6.25. The van der Waals surface area contributed by atoms with E-state index in [-0.39, 0.29) is 11.7 Å². The Hall–Kier alpha value is -2.08. The minimum atomic E-state index is -0.263. The molecule has 0 amide bonds. The molecule has 0 bridgehead atoms. The number of nitrogens with zero attached hydrogens (tertiary/aromatic N) is 2. The minimum absolute atomic E-state index is 0.0310. The van der Waals surface area contributed by atoms with Crippen molar-refractivity contribution in [1.29, 1.82) is 0 Å². The molecule has 2 aromatic carbocycles. The van der Waals surface area contributed by atoms with Gasteiger partial charge in [-0.25, -0.2) is 4.39 Å². The van der Waals surface area contributed by atoms with Crippen molar-refractivity contribution in [3.05, 3.63) is 63.9 Å². The van der Waals surface area contributed by atoms with Gasteiger partial charge in [-0.3, -0.25) is 0 Å². The van der Waals surface area contributed by atoms with E-state index in [2.05, 4.69) is 21.1 Å². The van der Waals surface area contributed by atoms with Crippen LogP contribution in [0.4, 0.5) is 10.1 Å². The maximum atomic E-state index is 12.9. The van der Waals surface area contributed by atoms with Crippen molar-refractivity contribution in [3.8, 4) is 0 Å². The van der Waals surface area contributed by atoms with Gasteiger partial charge in [0.1, 0.15) is 5.82 Å². The summed E-state index contributed by atoms with van der Waals surface area (Å²) in [4.78, 5) is 1.95. The molecule has 2 aromatic rings. The van der Waals surface area contributed by atoms with Crippen LogP contribution in [0.3, 0.4) is 0 Å². The summed E-state index contributed by atoms with van der Waals surface area (Å²) in [5, 5.41) is 12.0. The summed E-state index contributed by atoms with van der Waals surface area (Å²) in [6, 6.07) is 11.9. The summed E-state index contributed by atoms with van der Waals surface area (Å²) in [6.45, 7) is 0.572. The highest BCUT2D eigenvalue weighted by Gasteiger charge is 2.14. The van der Waals surface area contributed by atoms with E-state index in [4.69, 9.17) is 10.9 Å². The average molecular weight is 352 g/mol. The Morgan fingerprint density at radius 1 is 1.29 bits per heavy atom. The summed E-state index contributed by atoms with van der Waals surface area (Å²) in [7, 11) is 1.89. The monoisotopic (exact) mass is 351 g/mol. The van der Waals surface area contributed by atoms with Gasteiger partial charge in [-0.1, -0.05) is 23.4 Å². The van der Waals surface area contributed by atoms with E-state index in [9.17, 15) is 4.39 Å². The van der Waals surface area contributed by atoms with E-state index in [0.29, 0.717) is 12.1 Å². The fraction of sp³-hybridized carbons (Fsp3) is 0.133. The van der Waals surface area contributed by atoms with Crippen LogP contribution in [0, 0.1) is 5.82 Å². The van der Waals surface area contributed by atoms with Gasteiger partial charge in [-0.05, 0) is 45.8 Å². The lowest BCUT2D eigenvalue weighted by Crippen LogP contribution is -2.23. The Kier molecular flexibility index (Phi) is 4.80. The number of halogens is 2. The van der Waals surface area contributed by atoms with Crippen LogP contribution in [0.1, 0.15) is 11.1 Å². The molecule has 0 aromatic heterocycles. The molecule has 0 atom stereocenters. The number of oxime groups is 1. The molecule has 110 valence electrons. The molecule has 0 heterocycles. The van der Waals surface area contributed by atoms with Gasteiger partial charge < -0.3 is 15.8 Å². The van der Waals surface area contributed by atoms with Crippen LogP contribution >= 0.6 is 15.9 Å². The molecule has 0 spiro atoms. The van der Waals surface area contributed by atoms with Crippen LogP contribution in [0.5, 0.6) is 0 Å². The quantitative estimate of drug-likeness (QED) is 0.384. The van der Waals surface area contributed by atoms with E-state index in [1.165, 1.54) is 12.1 Å². The van der Waals surface area contributed by atoms with Crippen LogP contribution in [0.15, 0.2) is 52.1 Å². The molecule has 0 saturated carbocycles. The number of hydrogen-bond acceptors (Lipinski definition) is 3. The van der Waals surface area contributed by atoms with Crippen LogP contribution in [0.2, 0.25) is 0 Å². The fourth-order valence-corrected chi connectivity index (χ4v) is 2.64. The van der Waals surface area contributed by atoms with E-state index < -0.39 is 0 Å². The molecule has 0 saturated heterocycles. The number of benzene rings is 2.